The van der Waals surface area contributed by atoms with Crippen LogP contribution in [0.3, 0.4) is 0 Å². The van der Waals surface area contributed by atoms with Gasteiger partial charge in [-0.15, -0.1) is 0 Å². The van der Waals surface area contributed by atoms with Crippen molar-refractivity contribution < 1.29 is 14.3 Å². The molecule has 6 nitrogen and oxygen atoms in total. The van der Waals surface area contributed by atoms with Gasteiger partial charge >= 0.3 is 5.97 Å². The van der Waals surface area contributed by atoms with E-state index in [-0.39, 0.29) is 11.5 Å². The van der Waals surface area contributed by atoms with E-state index < -0.39 is 18.0 Å². The number of nitrogens with zero attached hydrogens (tertiary/aromatic N) is 2. The van der Waals surface area contributed by atoms with Crippen molar-refractivity contribution in [1.29, 1.82) is 5.26 Å². The van der Waals surface area contributed by atoms with Gasteiger partial charge in [0.1, 0.15) is 11.6 Å². The number of hydrogen-bond donors (Lipinski definition) is 1. The average molecular weight is 405 g/mol. The average Bonchev–Trinajstić information content (AvgIpc) is 2.76. The van der Waals surface area contributed by atoms with Crippen LogP contribution in [-0.4, -0.2) is 38.6 Å². The van der Waals surface area contributed by atoms with Crippen LogP contribution >= 0.6 is 0 Å². The maximum absolute atomic E-state index is 12.3. The fourth-order valence-corrected chi connectivity index (χ4v) is 2.75. The smallest absolute Gasteiger partial charge is 0.349 e. The first kappa shape index (κ1) is 22.7. The normalized spacial score (nSPS) is 13.0. The number of carbonyl (C=O) groups excluding carboxylic acids is 2. The summed E-state index contributed by atoms with van der Waals surface area (Å²) in [6.07, 6.45) is 0.442. The van der Waals surface area contributed by atoms with Crippen LogP contribution in [-0.2, 0) is 14.3 Å². The van der Waals surface area contributed by atoms with Crippen molar-refractivity contribution in [3.05, 3.63) is 71.3 Å². The molecule has 0 aromatic heterocycles. The number of nitrogens with one attached hydrogen (secondary N) is 1. The van der Waals surface area contributed by atoms with E-state index in [0.717, 1.165) is 11.3 Å². The number of ether oxygens (including phenoxy) is 1. The number of benzene rings is 2. The van der Waals surface area contributed by atoms with E-state index in [1.165, 1.54) is 13.0 Å². The Kier molecular flexibility index (Phi) is 8.18. The Hall–Kier alpha value is -3.59. The fraction of sp³-hybridized carbons (Fsp3) is 0.292. The zero-order valence-corrected chi connectivity index (χ0v) is 17.8. The molecule has 2 atom stereocenters. The number of anilines is 1. The minimum atomic E-state index is -1.01. The summed E-state index contributed by atoms with van der Waals surface area (Å²) >= 11 is 0. The van der Waals surface area contributed by atoms with Crippen molar-refractivity contribution in [3.63, 3.8) is 0 Å². The van der Waals surface area contributed by atoms with Crippen molar-refractivity contribution in [2.45, 2.75) is 25.9 Å². The second-order valence-corrected chi connectivity index (χ2v) is 7.26. The number of amides is 1. The number of nitriles is 1. The van der Waals surface area contributed by atoms with Crippen molar-refractivity contribution in [1.82, 2.24) is 5.32 Å². The van der Waals surface area contributed by atoms with Crippen LogP contribution in [0.2, 0.25) is 0 Å². The fourth-order valence-electron chi connectivity index (χ4n) is 2.75. The van der Waals surface area contributed by atoms with Gasteiger partial charge in [0.25, 0.3) is 5.91 Å². The molecule has 0 unspecified atom stereocenters. The highest BCUT2D eigenvalue weighted by Crippen LogP contribution is 2.16. The minimum absolute atomic E-state index is 0.123. The zero-order valence-electron chi connectivity index (χ0n) is 17.8. The highest BCUT2D eigenvalue weighted by Gasteiger charge is 2.21. The molecule has 2 aromatic carbocycles. The largest absolute Gasteiger partial charge is 0.448 e. The van der Waals surface area contributed by atoms with Gasteiger partial charge in [-0.2, -0.15) is 5.26 Å². The van der Waals surface area contributed by atoms with E-state index in [1.807, 2.05) is 74.5 Å². The summed E-state index contributed by atoms with van der Waals surface area (Å²) in [5.41, 5.74) is 2.65. The standard InChI is InChI=1S/C24H27N3O3/c1-17(20-8-6-5-7-9-20)16-26-23(28)18(2)30-24(29)21(15-25)14-19-10-12-22(13-11-19)27(3)4/h5-14,17-18H,16H2,1-4H3,(H,26,28)/b21-14+/t17-,18+/m0/s1. The molecule has 0 spiro atoms. The van der Waals surface area contributed by atoms with Gasteiger partial charge in [-0.1, -0.05) is 49.4 Å². The lowest BCUT2D eigenvalue weighted by molar-refractivity contribution is -0.150. The van der Waals surface area contributed by atoms with Gasteiger partial charge in [0, 0.05) is 26.3 Å². The molecule has 0 bridgehead atoms. The van der Waals surface area contributed by atoms with Gasteiger partial charge in [0.15, 0.2) is 6.10 Å². The first-order chi connectivity index (χ1) is 14.3. The molecule has 0 aliphatic rings. The third kappa shape index (κ3) is 6.49. The maximum atomic E-state index is 12.3. The van der Waals surface area contributed by atoms with E-state index in [0.29, 0.717) is 12.1 Å². The zero-order chi connectivity index (χ0) is 22.1. The van der Waals surface area contributed by atoms with Crippen molar-refractivity contribution in [2.75, 3.05) is 25.5 Å². The summed E-state index contributed by atoms with van der Waals surface area (Å²) in [6.45, 7) is 3.91. The number of rotatable bonds is 8. The summed E-state index contributed by atoms with van der Waals surface area (Å²) in [7, 11) is 3.85. The van der Waals surface area contributed by atoms with Crippen LogP contribution in [0.25, 0.3) is 6.08 Å². The van der Waals surface area contributed by atoms with Crippen LogP contribution in [0.4, 0.5) is 5.69 Å². The molecule has 0 heterocycles. The number of esters is 1. The lowest BCUT2D eigenvalue weighted by Crippen LogP contribution is -2.37. The lowest BCUT2D eigenvalue weighted by Gasteiger charge is -2.16. The molecule has 30 heavy (non-hydrogen) atoms. The molecular weight excluding hydrogens is 378 g/mol. The van der Waals surface area contributed by atoms with Gasteiger partial charge in [-0.25, -0.2) is 4.79 Å². The Balaban J connectivity index is 1.93. The summed E-state index contributed by atoms with van der Waals surface area (Å²) in [5, 5.41) is 12.1. The molecule has 0 aliphatic carbocycles. The second kappa shape index (κ2) is 10.8. The Morgan fingerprint density at radius 3 is 2.30 bits per heavy atom. The predicted octanol–water partition coefficient (Wildman–Crippen LogP) is 3.51. The van der Waals surface area contributed by atoms with Crippen molar-refractivity contribution in [2.24, 2.45) is 0 Å². The maximum Gasteiger partial charge on any atom is 0.349 e. The van der Waals surface area contributed by atoms with E-state index in [2.05, 4.69) is 5.32 Å². The Morgan fingerprint density at radius 2 is 1.73 bits per heavy atom. The first-order valence-electron chi connectivity index (χ1n) is 9.74. The Labute approximate surface area is 177 Å². The summed E-state index contributed by atoms with van der Waals surface area (Å²) in [5.74, 6) is -1.11. The Bertz CT molecular complexity index is 928. The molecule has 2 rings (SSSR count). The van der Waals surface area contributed by atoms with Crippen molar-refractivity contribution in [3.8, 4) is 6.07 Å². The van der Waals surface area contributed by atoms with Crippen LogP contribution in [0, 0.1) is 11.3 Å². The molecule has 0 saturated carbocycles. The lowest BCUT2D eigenvalue weighted by atomic mass is 10.0. The molecule has 1 amide bonds. The molecule has 6 heteroatoms. The van der Waals surface area contributed by atoms with Gasteiger partial charge in [-0.05, 0) is 42.2 Å². The van der Waals surface area contributed by atoms with E-state index in [9.17, 15) is 14.9 Å². The third-order valence-corrected chi connectivity index (χ3v) is 4.66. The third-order valence-electron chi connectivity index (χ3n) is 4.66. The molecule has 0 fully saturated rings. The van der Waals surface area contributed by atoms with E-state index in [1.54, 1.807) is 12.1 Å². The molecule has 2 aromatic rings. The SMILES string of the molecule is C[C@@H](OC(=O)/C(C#N)=C/c1ccc(N(C)C)cc1)C(=O)NC[C@H](C)c1ccccc1. The first-order valence-corrected chi connectivity index (χ1v) is 9.74. The molecule has 1 N–H and O–H groups in total. The van der Waals surface area contributed by atoms with Crippen LogP contribution in [0.15, 0.2) is 60.2 Å². The molecule has 156 valence electrons. The van der Waals surface area contributed by atoms with Crippen molar-refractivity contribution >= 4 is 23.6 Å². The number of hydrogen-bond acceptors (Lipinski definition) is 5. The topological polar surface area (TPSA) is 82.4 Å². The van der Waals surface area contributed by atoms with Crippen LogP contribution in [0.1, 0.15) is 30.9 Å². The van der Waals surface area contributed by atoms with Crippen LogP contribution in [0.5, 0.6) is 0 Å². The molecular formula is C24H27N3O3. The Morgan fingerprint density at radius 1 is 1.10 bits per heavy atom. The predicted molar refractivity (Wildman–Crippen MR) is 118 cm³/mol. The van der Waals surface area contributed by atoms with E-state index in [4.69, 9.17) is 4.74 Å². The highest BCUT2D eigenvalue weighted by atomic mass is 16.5. The summed E-state index contributed by atoms with van der Waals surface area (Å²) in [6, 6.07) is 19.1. The highest BCUT2D eigenvalue weighted by molar-refractivity contribution is 5.99. The van der Waals surface area contributed by atoms with Gasteiger partial charge in [0.05, 0.1) is 0 Å². The molecule has 0 radical (unpaired) electrons. The minimum Gasteiger partial charge on any atom is -0.448 e. The molecule has 0 aliphatic heterocycles. The van der Waals surface area contributed by atoms with E-state index >= 15 is 0 Å². The summed E-state index contributed by atoms with van der Waals surface area (Å²) in [4.78, 5) is 26.6. The second-order valence-electron chi connectivity index (χ2n) is 7.26. The van der Waals surface area contributed by atoms with Gasteiger partial charge in [0.2, 0.25) is 0 Å². The quantitative estimate of drug-likeness (QED) is 0.413. The summed E-state index contributed by atoms with van der Waals surface area (Å²) < 4.78 is 5.19. The van der Waals surface area contributed by atoms with Crippen LogP contribution < -0.4 is 10.2 Å². The van der Waals surface area contributed by atoms with Gasteiger partial charge < -0.3 is 15.0 Å². The van der Waals surface area contributed by atoms with Gasteiger partial charge in [-0.3, -0.25) is 4.79 Å². The number of carbonyl (C=O) groups is 2. The molecule has 0 saturated heterocycles. The monoisotopic (exact) mass is 405 g/mol.